The van der Waals surface area contributed by atoms with Crippen LogP contribution in [0.4, 0.5) is 15.5 Å². The van der Waals surface area contributed by atoms with Crippen molar-refractivity contribution in [2.24, 2.45) is 0 Å². The van der Waals surface area contributed by atoms with Crippen LogP contribution in [0, 0.1) is 0 Å². The molecule has 1 aromatic carbocycles. The Bertz CT molecular complexity index is 614. The van der Waals surface area contributed by atoms with E-state index in [0.29, 0.717) is 5.00 Å². The largest absolute Gasteiger partial charge is 0.506 e. The number of phenols is 1. The number of carboxylic acid groups (broad SMARTS) is 1. The lowest BCUT2D eigenvalue weighted by molar-refractivity contribution is 0.0696. The van der Waals surface area contributed by atoms with Gasteiger partial charge in [0.1, 0.15) is 10.8 Å². The third kappa shape index (κ3) is 3.16. The average molecular weight is 280 g/mol. The van der Waals surface area contributed by atoms with Gasteiger partial charge >= 0.3 is 12.0 Å². The highest BCUT2D eigenvalue weighted by molar-refractivity contribution is 7.10. The Morgan fingerprint density at radius 3 is 2.63 bits per heavy atom. The Morgan fingerprint density at radius 1 is 1.26 bits per heavy atom. The van der Waals surface area contributed by atoms with Gasteiger partial charge in [-0.05, 0) is 18.2 Å². The predicted octanol–water partition coefficient (Wildman–Crippen LogP) is 1.59. The molecule has 1 aromatic heterocycles. The van der Waals surface area contributed by atoms with E-state index in [-0.39, 0.29) is 17.0 Å². The summed E-state index contributed by atoms with van der Waals surface area (Å²) in [6.45, 7) is 0. The van der Waals surface area contributed by atoms with Crippen molar-refractivity contribution in [3.8, 4) is 5.75 Å². The van der Waals surface area contributed by atoms with Crippen LogP contribution >= 0.6 is 11.5 Å². The van der Waals surface area contributed by atoms with Gasteiger partial charge in [-0.15, -0.1) is 5.10 Å². The fourth-order valence-electron chi connectivity index (χ4n) is 1.26. The second-order valence-corrected chi connectivity index (χ2v) is 4.18. The molecule has 98 valence electrons. The molecule has 0 unspecified atom stereocenters. The number of carbonyl (C=O) groups excluding carboxylic acids is 1. The van der Waals surface area contributed by atoms with E-state index in [1.54, 1.807) is 0 Å². The summed E-state index contributed by atoms with van der Waals surface area (Å²) < 4.78 is 3.57. The summed E-state index contributed by atoms with van der Waals surface area (Å²) >= 11 is 0.999. The predicted molar refractivity (Wildman–Crippen MR) is 67.6 cm³/mol. The fourth-order valence-corrected chi connectivity index (χ4v) is 1.67. The highest BCUT2D eigenvalue weighted by Crippen LogP contribution is 2.24. The van der Waals surface area contributed by atoms with E-state index in [1.807, 2.05) is 0 Å². The van der Waals surface area contributed by atoms with Gasteiger partial charge in [0, 0.05) is 11.5 Å². The minimum atomic E-state index is -1.16. The van der Waals surface area contributed by atoms with Gasteiger partial charge in [-0.2, -0.15) is 0 Å². The molecule has 0 saturated heterocycles. The number of hydrogen-bond donors (Lipinski definition) is 4. The van der Waals surface area contributed by atoms with Crippen molar-refractivity contribution in [1.29, 1.82) is 0 Å². The molecule has 2 rings (SSSR count). The molecule has 0 saturated carbocycles. The van der Waals surface area contributed by atoms with Gasteiger partial charge in [0.25, 0.3) is 0 Å². The number of benzene rings is 1. The van der Waals surface area contributed by atoms with Gasteiger partial charge in [0.15, 0.2) is 0 Å². The first-order valence-electron chi connectivity index (χ1n) is 4.98. The average Bonchev–Trinajstić information content (AvgIpc) is 2.84. The zero-order valence-corrected chi connectivity index (χ0v) is 10.1. The van der Waals surface area contributed by atoms with Crippen molar-refractivity contribution in [2.45, 2.75) is 0 Å². The maximum absolute atomic E-state index is 11.6. The third-order valence-corrected chi connectivity index (χ3v) is 2.67. The number of amides is 2. The number of rotatable bonds is 3. The van der Waals surface area contributed by atoms with E-state index in [2.05, 4.69) is 20.2 Å². The lowest BCUT2D eigenvalue weighted by Crippen LogP contribution is -2.18. The van der Waals surface area contributed by atoms with Crippen LogP contribution in [0.3, 0.4) is 0 Å². The summed E-state index contributed by atoms with van der Waals surface area (Å²) in [5, 5.41) is 27.1. The van der Waals surface area contributed by atoms with Gasteiger partial charge in [-0.3, -0.25) is 5.32 Å². The van der Waals surface area contributed by atoms with Crippen molar-refractivity contribution in [3.05, 3.63) is 30.0 Å². The molecule has 0 radical (unpaired) electrons. The number of anilines is 2. The fraction of sp³-hybridized carbons (Fsp3) is 0. The summed E-state index contributed by atoms with van der Waals surface area (Å²) in [5.41, 5.74) is 0.0232. The monoisotopic (exact) mass is 280 g/mol. The van der Waals surface area contributed by atoms with Crippen LogP contribution < -0.4 is 10.6 Å². The van der Waals surface area contributed by atoms with Crippen molar-refractivity contribution in [1.82, 2.24) is 9.59 Å². The first-order valence-corrected chi connectivity index (χ1v) is 5.75. The molecule has 0 spiro atoms. The van der Waals surface area contributed by atoms with Crippen LogP contribution in [0.15, 0.2) is 24.4 Å². The molecule has 0 bridgehead atoms. The standard InChI is InChI=1S/C10H8N4O4S/c15-7-3-5(9(16)17)1-2-6(7)12-10(18)13-8-4-11-14-19-8/h1-4,15H,(H,16,17)(H2,12,13,18). The summed E-state index contributed by atoms with van der Waals surface area (Å²) in [6.07, 6.45) is 1.37. The van der Waals surface area contributed by atoms with Crippen LogP contribution in [-0.2, 0) is 0 Å². The zero-order valence-electron chi connectivity index (χ0n) is 9.32. The number of carboxylic acids is 1. The van der Waals surface area contributed by atoms with Crippen LogP contribution in [-0.4, -0.2) is 31.8 Å². The molecule has 0 atom stereocenters. The van der Waals surface area contributed by atoms with Crippen molar-refractivity contribution >= 4 is 34.2 Å². The minimum absolute atomic E-state index is 0.0740. The third-order valence-electron chi connectivity index (χ3n) is 2.09. The van der Waals surface area contributed by atoms with E-state index in [0.717, 1.165) is 17.6 Å². The molecule has 4 N–H and O–H groups in total. The van der Waals surface area contributed by atoms with E-state index in [1.165, 1.54) is 18.3 Å². The number of hydrogen-bond acceptors (Lipinski definition) is 6. The molecule has 0 fully saturated rings. The zero-order chi connectivity index (χ0) is 13.8. The Hall–Kier alpha value is -2.68. The smallest absolute Gasteiger partial charge is 0.335 e. The van der Waals surface area contributed by atoms with E-state index >= 15 is 0 Å². The maximum atomic E-state index is 11.6. The van der Waals surface area contributed by atoms with Crippen molar-refractivity contribution in [3.63, 3.8) is 0 Å². The number of aromatic carboxylic acids is 1. The van der Waals surface area contributed by atoms with E-state index in [4.69, 9.17) is 5.11 Å². The molecule has 0 aliphatic carbocycles. The minimum Gasteiger partial charge on any atom is -0.506 e. The van der Waals surface area contributed by atoms with Crippen molar-refractivity contribution < 1.29 is 19.8 Å². The second-order valence-electron chi connectivity index (χ2n) is 3.40. The number of carbonyl (C=O) groups is 2. The number of aromatic hydroxyl groups is 1. The molecule has 19 heavy (non-hydrogen) atoms. The Morgan fingerprint density at radius 2 is 2.05 bits per heavy atom. The SMILES string of the molecule is O=C(Nc1cnns1)Nc1ccc(C(=O)O)cc1O. The molecule has 2 aromatic rings. The van der Waals surface area contributed by atoms with Gasteiger partial charge in [-0.1, -0.05) is 4.49 Å². The molecular weight excluding hydrogens is 272 g/mol. The number of nitrogens with zero attached hydrogens (tertiary/aromatic N) is 2. The van der Waals surface area contributed by atoms with E-state index < -0.39 is 12.0 Å². The number of aromatic nitrogens is 2. The molecule has 0 aliphatic heterocycles. The van der Waals surface area contributed by atoms with Gasteiger partial charge in [0.05, 0.1) is 17.4 Å². The quantitative estimate of drug-likeness (QED) is 0.633. The number of phenolic OH excluding ortho intramolecular Hbond substituents is 1. The molecule has 2 amide bonds. The van der Waals surface area contributed by atoms with E-state index in [9.17, 15) is 14.7 Å². The summed E-state index contributed by atoms with van der Waals surface area (Å²) in [5.74, 6) is -1.50. The highest BCUT2D eigenvalue weighted by Gasteiger charge is 2.10. The Kier molecular flexibility index (Phi) is 3.57. The summed E-state index contributed by atoms with van der Waals surface area (Å²) in [4.78, 5) is 22.2. The van der Waals surface area contributed by atoms with Crippen LogP contribution in [0.1, 0.15) is 10.4 Å². The van der Waals surface area contributed by atoms with Gasteiger partial charge in [0.2, 0.25) is 0 Å². The number of nitrogens with one attached hydrogen (secondary N) is 2. The molecular formula is C10H8N4O4S. The maximum Gasteiger partial charge on any atom is 0.335 e. The summed E-state index contributed by atoms with van der Waals surface area (Å²) in [7, 11) is 0. The topological polar surface area (TPSA) is 124 Å². The first-order chi connectivity index (χ1) is 9.06. The molecule has 9 heteroatoms. The first kappa shape index (κ1) is 12.8. The highest BCUT2D eigenvalue weighted by atomic mass is 32.1. The lowest BCUT2D eigenvalue weighted by atomic mass is 10.2. The second kappa shape index (κ2) is 5.31. The summed E-state index contributed by atoms with van der Waals surface area (Å²) in [6, 6.07) is 3.02. The van der Waals surface area contributed by atoms with Crippen LogP contribution in [0.2, 0.25) is 0 Å². The van der Waals surface area contributed by atoms with Crippen LogP contribution in [0.25, 0.3) is 0 Å². The van der Waals surface area contributed by atoms with Gasteiger partial charge < -0.3 is 15.5 Å². The molecule has 8 nitrogen and oxygen atoms in total. The van der Waals surface area contributed by atoms with Gasteiger partial charge in [-0.25, -0.2) is 9.59 Å². The lowest BCUT2D eigenvalue weighted by Gasteiger charge is -2.07. The van der Waals surface area contributed by atoms with Crippen molar-refractivity contribution in [2.75, 3.05) is 10.6 Å². The number of urea groups is 1. The van der Waals surface area contributed by atoms with Crippen LogP contribution in [0.5, 0.6) is 5.75 Å². The molecule has 1 heterocycles. The Balaban J connectivity index is 2.07. The Labute approximate surface area is 110 Å². The normalized spacial score (nSPS) is 9.89. The molecule has 0 aliphatic rings.